The molecule has 8 heteroatoms. The van der Waals surface area contributed by atoms with Gasteiger partial charge in [-0.15, -0.1) is 0 Å². The fraction of sp³-hybridized carbons (Fsp3) is 0. The zero-order chi connectivity index (χ0) is 6.41. The minimum atomic E-state index is -10.5. The van der Waals surface area contributed by atoms with Crippen molar-refractivity contribution in [1.29, 1.82) is 0 Å². The van der Waals surface area contributed by atoms with Crippen LogP contribution in [0.2, 0.25) is 0 Å². The van der Waals surface area contributed by atoms with Crippen molar-refractivity contribution in [2.45, 2.75) is 0 Å². The Morgan fingerprint density at radius 2 is 0.625 bits per heavy atom. The summed E-state index contributed by atoms with van der Waals surface area (Å²) in [6, 6.07) is 0. The molecule has 8 heavy (non-hydrogen) atoms. The van der Waals surface area contributed by atoms with Gasteiger partial charge in [-0.3, -0.25) is 0 Å². The van der Waals surface area contributed by atoms with E-state index in [9.17, 15) is 23.3 Å². The minimum absolute atomic E-state index is 0. The second-order valence-electron chi connectivity index (χ2n) is 0.875. The first-order valence-electron chi connectivity index (χ1n) is 0.926. The van der Waals surface area contributed by atoms with Gasteiger partial charge in [0.15, 0.2) is 0 Å². The Morgan fingerprint density at radius 3 is 0.625 bits per heavy atom. The second-order valence-corrected chi connectivity index (χ2v) is 2.62. The second kappa shape index (κ2) is 1.37. The maximum atomic E-state index is 9.85. The van der Waals surface area contributed by atoms with Gasteiger partial charge in [-0.05, 0) is 0 Å². The normalized spacial score (nSPS) is 20.2. The summed E-state index contributed by atoms with van der Waals surface area (Å²) in [6.45, 7) is 0. The van der Waals surface area contributed by atoms with E-state index in [4.69, 9.17) is 0 Å². The van der Waals surface area contributed by atoms with E-state index in [1.807, 2.05) is 0 Å². The molecule has 0 aromatic heterocycles. The average molecular weight is 330 g/mol. The van der Waals surface area contributed by atoms with Crippen LogP contribution in [-0.2, 0) is 21.1 Å². The van der Waals surface area contributed by atoms with Gasteiger partial charge in [0.25, 0.3) is 0 Å². The summed E-state index contributed by atoms with van der Waals surface area (Å²) < 4.78 is 59.1. The van der Waals surface area contributed by atoms with E-state index in [1.54, 1.807) is 0 Å². The fourth-order valence-electron chi connectivity index (χ4n) is 0. The Kier molecular flexibility index (Phi) is 1.95. The van der Waals surface area contributed by atoms with Crippen LogP contribution in [0.25, 0.3) is 0 Å². The molecule has 0 aromatic carbocycles. The maximum Gasteiger partial charge on any atom is 0.431 e. The summed E-state index contributed by atoms with van der Waals surface area (Å²) in [5, 5.41) is 0. The summed E-state index contributed by atoms with van der Waals surface area (Å²) >= 11 is 0. The predicted octanol–water partition coefficient (Wildman–Crippen LogP) is 3.17. The molecule has 0 rings (SSSR count). The molecule has 0 saturated heterocycles. The van der Waals surface area contributed by atoms with Crippen molar-refractivity contribution in [2.24, 2.45) is 0 Å². The van der Waals surface area contributed by atoms with Crippen molar-refractivity contribution in [3.63, 3.8) is 0 Å². The summed E-state index contributed by atoms with van der Waals surface area (Å²) in [6.07, 6.45) is 0. The van der Waals surface area contributed by atoms with Crippen LogP contribution in [-0.4, -0.2) is 0 Å². The molecule has 0 radical (unpaired) electrons. The van der Waals surface area contributed by atoms with Crippen LogP contribution in [0.1, 0.15) is 0 Å². The standard InChI is InChI=1S/F6S.W/c1-7(2,3,4,5)6;. The number of halogens is 6. The predicted molar refractivity (Wildman–Crippen MR) is 14.2 cm³/mol. The van der Waals surface area contributed by atoms with E-state index >= 15 is 0 Å². The van der Waals surface area contributed by atoms with E-state index in [1.165, 1.54) is 0 Å². The van der Waals surface area contributed by atoms with Crippen molar-refractivity contribution >= 4 is 10.6 Å². The quantitative estimate of drug-likeness (QED) is 0.599. The van der Waals surface area contributed by atoms with Gasteiger partial charge in [0.1, 0.15) is 0 Å². The zero-order valence-electron chi connectivity index (χ0n) is 3.08. The van der Waals surface area contributed by atoms with Crippen LogP contribution in [0.5, 0.6) is 0 Å². The van der Waals surface area contributed by atoms with E-state index in [0.29, 0.717) is 0 Å². The molecule has 54 valence electrons. The summed E-state index contributed by atoms with van der Waals surface area (Å²) in [7, 11) is -10.5. The summed E-state index contributed by atoms with van der Waals surface area (Å²) in [4.78, 5) is 0. The van der Waals surface area contributed by atoms with Crippen molar-refractivity contribution in [1.82, 2.24) is 0 Å². The fourth-order valence-corrected chi connectivity index (χ4v) is 0. The van der Waals surface area contributed by atoms with Gasteiger partial charge < -0.3 is 0 Å². The largest absolute Gasteiger partial charge is 0.431 e. The third-order valence-corrected chi connectivity index (χ3v) is 0. The number of rotatable bonds is 0. The molecule has 0 atom stereocenters. The van der Waals surface area contributed by atoms with Crippen LogP contribution in [0.4, 0.5) is 23.3 Å². The monoisotopic (exact) mass is 330 g/mol. The van der Waals surface area contributed by atoms with Crippen molar-refractivity contribution in [3.8, 4) is 0 Å². The summed E-state index contributed by atoms with van der Waals surface area (Å²) in [5.41, 5.74) is 0. The Morgan fingerprint density at radius 1 is 0.625 bits per heavy atom. The molecular formula is F6SW. The van der Waals surface area contributed by atoms with Gasteiger partial charge in [-0.1, -0.05) is 23.3 Å². The van der Waals surface area contributed by atoms with Gasteiger partial charge in [0.2, 0.25) is 0 Å². The molecule has 0 aliphatic carbocycles. The van der Waals surface area contributed by atoms with Gasteiger partial charge in [0, 0.05) is 21.1 Å². The SMILES string of the molecule is FS(F)(F)(F)(F)F.[W]. The molecule has 0 aliphatic heterocycles. The molecule has 0 N–H and O–H groups in total. The van der Waals surface area contributed by atoms with Gasteiger partial charge >= 0.3 is 10.6 Å². The molecule has 0 amide bonds. The van der Waals surface area contributed by atoms with E-state index < -0.39 is 10.6 Å². The molecule has 0 bridgehead atoms. The van der Waals surface area contributed by atoms with Gasteiger partial charge in [0.05, 0.1) is 0 Å². The molecule has 0 nitrogen and oxygen atoms in total. The molecule has 0 spiro atoms. The Bertz CT molecular complexity index is 67.1. The summed E-state index contributed by atoms with van der Waals surface area (Å²) in [5.74, 6) is 0. The first-order valence-corrected chi connectivity index (χ1v) is 2.78. The van der Waals surface area contributed by atoms with E-state index in [0.717, 1.165) is 0 Å². The van der Waals surface area contributed by atoms with Crippen molar-refractivity contribution in [2.75, 3.05) is 0 Å². The molecule has 0 aliphatic rings. The van der Waals surface area contributed by atoms with Crippen LogP contribution >= 0.6 is 10.6 Å². The Hall–Kier alpha value is 0.618. The maximum absolute atomic E-state index is 10.5. The number of hydrogen-bond acceptors (Lipinski definition) is 0. The van der Waals surface area contributed by atoms with Crippen molar-refractivity contribution < 1.29 is 44.4 Å². The molecule has 0 aromatic rings. The van der Waals surface area contributed by atoms with Crippen LogP contribution in [0.3, 0.4) is 0 Å². The van der Waals surface area contributed by atoms with Crippen molar-refractivity contribution in [3.05, 3.63) is 0 Å². The molecular weight excluding hydrogens is 330 g/mol. The molecule has 0 unspecified atom stereocenters. The Balaban J connectivity index is 0. The van der Waals surface area contributed by atoms with Crippen LogP contribution in [0, 0.1) is 0 Å². The molecule has 0 fully saturated rings. The average Bonchev–Trinajstić information content (AvgIpc) is 0.592. The van der Waals surface area contributed by atoms with Crippen LogP contribution < -0.4 is 0 Å². The first kappa shape index (κ1) is 11.4. The van der Waals surface area contributed by atoms with E-state index in [2.05, 4.69) is 0 Å². The minimum Gasteiger partial charge on any atom is -0.0719 e. The van der Waals surface area contributed by atoms with E-state index in [-0.39, 0.29) is 21.1 Å². The topological polar surface area (TPSA) is 0 Å². The van der Waals surface area contributed by atoms with Gasteiger partial charge in [-0.2, -0.15) is 0 Å². The van der Waals surface area contributed by atoms with Gasteiger partial charge in [-0.25, -0.2) is 0 Å². The Labute approximate surface area is 55.5 Å². The first-order chi connectivity index (χ1) is 2.45. The van der Waals surface area contributed by atoms with Crippen LogP contribution in [0.15, 0.2) is 0 Å². The zero-order valence-corrected chi connectivity index (χ0v) is 6.83. The molecule has 0 saturated carbocycles. The third kappa shape index (κ3) is 546. The number of hydrogen-bond donors (Lipinski definition) is 0. The molecule has 0 heterocycles. The smallest absolute Gasteiger partial charge is 0.0719 e. The third-order valence-electron chi connectivity index (χ3n) is 0.